The van der Waals surface area contributed by atoms with E-state index in [1.54, 1.807) is 0 Å². The summed E-state index contributed by atoms with van der Waals surface area (Å²) >= 11 is 5.81. The Labute approximate surface area is 108 Å². The molecule has 0 radical (unpaired) electrons. The zero-order valence-corrected chi connectivity index (χ0v) is 11.0. The molecule has 1 aliphatic heterocycles. The third-order valence-corrected chi connectivity index (χ3v) is 3.65. The second kappa shape index (κ2) is 5.87. The van der Waals surface area contributed by atoms with E-state index in [1.807, 2.05) is 0 Å². The largest absolute Gasteiger partial charge is 0.356 e. The minimum Gasteiger partial charge on any atom is -0.356 e. The SMILES string of the molecule is C=C(Cl)CN1CCC[C@H](C(=O)NCC2CC2)C1. The normalized spacial score (nSPS) is 25.6. The molecule has 1 heterocycles. The molecule has 0 aromatic heterocycles. The number of halogens is 1. The number of hydrogen-bond acceptors (Lipinski definition) is 2. The Bertz CT molecular complexity index is 302. The van der Waals surface area contributed by atoms with Crippen LogP contribution in [0, 0.1) is 11.8 Å². The molecule has 1 aliphatic carbocycles. The molecule has 0 unspecified atom stereocenters. The summed E-state index contributed by atoms with van der Waals surface area (Å²) in [6.07, 6.45) is 4.64. The highest BCUT2D eigenvalue weighted by atomic mass is 35.5. The fourth-order valence-electron chi connectivity index (χ4n) is 2.37. The van der Waals surface area contributed by atoms with Crippen LogP contribution in [-0.2, 0) is 4.79 Å². The maximum absolute atomic E-state index is 12.0. The van der Waals surface area contributed by atoms with Gasteiger partial charge in [-0.1, -0.05) is 18.2 Å². The molecule has 1 atom stereocenters. The molecule has 1 saturated carbocycles. The van der Waals surface area contributed by atoms with Gasteiger partial charge in [-0.05, 0) is 38.1 Å². The number of amides is 1. The third kappa shape index (κ3) is 4.32. The van der Waals surface area contributed by atoms with Crippen LogP contribution in [0.3, 0.4) is 0 Å². The number of carbonyl (C=O) groups excluding carboxylic acids is 1. The molecule has 0 bridgehead atoms. The first-order valence-electron chi connectivity index (χ1n) is 6.48. The van der Waals surface area contributed by atoms with Crippen molar-refractivity contribution in [2.45, 2.75) is 25.7 Å². The first-order chi connectivity index (χ1) is 8.15. The van der Waals surface area contributed by atoms with E-state index in [0.29, 0.717) is 11.6 Å². The molecule has 1 saturated heterocycles. The fourth-order valence-corrected chi connectivity index (χ4v) is 2.54. The number of nitrogens with one attached hydrogen (secondary N) is 1. The van der Waals surface area contributed by atoms with Gasteiger partial charge in [0.15, 0.2) is 0 Å². The molecule has 0 aromatic carbocycles. The monoisotopic (exact) mass is 256 g/mol. The molecule has 3 nitrogen and oxygen atoms in total. The minimum absolute atomic E-state index is 0.138. The van der Waals surface area contributed by atoms with Gasteiger partial charge in [0.2, 0.25) is 5.91 Å². The van der Waals surface area contributed by atoms with Gasteiger partial charge in [0.1, 0.15) is 0 Å². The molecular formula is C13H21ClN2O. The Balaban J connectivity index is 1.74. The van der Waals surface area contributed by atoms with Crippen molar-refractivity contribution in [3.05, 3.63) is 11.6 Å². The second-order valence-electron chi connectivity index (χ2n) is 5.28. The molecule has 2 fully saturated rings. The zero-order chi connectivity index (χ0) is 12.3. The van der Waals surface area contributed by atoms with E-state index in [2.05, 4.69) is 16.8 Å². The fraction of sp³-hybridized carbons (Fsp3) is 0.769. The zero-order valence-electron chi connectivity index (χ0n) is 10.3. The van der Waals surface area contributed by atoms with Crippen LogP contribution >= 0.6 is 11.6 Å². The van der Waals surface area contributed by atoms with Crippen LogP contribution < -0.4 is 5.32 Å². The van der Waals surface area contributed by atoms with Crippen molar-refractivity contribution < 1.29 is 4.79 Å². The number of nitrogens with zero attached hydrogens (tertiary/aromatic N) is 1. The number of carbonyl (C=O) groups is 1. The molecule has 1 amide bonds. The van der Waals surface area contributed by atoms with Crippen LogP contribution in [0.25, 0.3) is 0 Å². The van der Waals surface area contributed by atoms with Gasteiger partial charge in [-0.15, -0.1) is 0 Å². The van der Waals surface area contributed by atoms with E-state index in [-0.39, 0.29) is 11.8 Å². The number of piperidine rings is 1. The van der Waals surface area contributed by atoms with E-state index in [1.165, 1.54) is 12.8 Å². The summed E-state index contributed by atoms with van der Waals surface area (Å²) in [4.78, 5) is 14.2. The van der Waals surface area contributed by atoms with Crippen molar-refractivity contribution in [3.63, 3.8) is 0 Å². The van der Waals surface area contributed by atoms with Gasteiger partial charge in [0.25, 0.3) is 0 Å². The molecule has 4 heteroatoms. The van der Waals surface area contributed by atoms with Gasteiger partial charge in [-0.2, -0.15) is 0 Å². The molecular weight excluding hydrogens is 236 g/mol. The molecule has 96 valence electrons. The quantitative estimate of drug-likeness (QED) is 0.816. The average molecular weight is 257 g/mol. The van der Waals surface area contributed by atoms with E-state index in [0.717, 1.165) is 38.4 Å². The molecule has 2 aliphatic rings. The Kier molecular flexibility index (Phi) is 4.46. The standard InChI is InChI=1S/C13H21ClN2O/c1-10(14)8-16-6-2-3-12(9-16)13(17)15-7-11-4-5-11/h11-12H,1-9H2,(H,15,17)/t12-/m0/s1. The van der Waals surface area contributed by atoms with Crippen LogP contribution in [0.15, 0.2) is 11.6 Å². The highest BCUT2D eigenvalue weighted by molar-refractivity contribution is 6.29. The summed E-state index contributed by atoms with van der Waals surface area (Å²) in [5.74, 6) is 1.11. The maximum Gasteiger partial charge on any atom is 0.224 e. The van der Waals surface area contributed by atoms with Crippen LogP contribution in [0.1, 0.15) is 25.7 Å². The van der Waals surface area contributed by atoms with Gasteiger partial charge in [0, 0.05) is 24.7 Å². The molecule has 1 N–H and O–H groups in total. The molecule has 17 heavy (non-hydrogen) atoms. The summed E-state index contributed by atoms with van der Waals surface area (Å²) in [6, 6.07) is 0. The number of likely N-dealkylation sites (tertiary alicyclic amines) is 1. The molecule has 0 spiro atoms. The van der Waals surface area contributed by atoms with Crippen molar-refractivity contribution in [2.75, 3.05) is 26.2 Å². The summed E-state index contributed by atoms with van der Waals surface area (Å²) < 4.78 is 0. The lowest BCUT2D eigenvalue weighted by Crippen LogP contribution is -2.43. The van der Waals surface area contributed by atoms with Crippen molar-refractivity contribution in [3.8, 4) is 0 Å². The van der Waals surface area contributed by atoms with Gasteiger partial charge in [0.05, 0.1) is 5.92 Å². The average Bonchev–Trinajstić information content (AvgIpc) is 3.09. The maximum atomic E-state index is 12.0. The van der Waals surface area contributed by atoms with Gasteiger partial charge < -0.3 is 5.32 Å². The topological polar surface area (TPSA) is 32.3 Å². The minimum atomic E-state index is 0.138. The summed E-state index contributed by atoms with van der Waals surface area (Å²) in [5.41, 5.74) is 0. The Hall–Kier alpha value is -0.540. The number of rotatable bonds is 5. The highest BCUT2D eigenvalue weighted by Gasteiger charge is 2.27. The van der Waals surface area contributed by atoms with Crippen molar-refractivity contribution in [2.24, 2.45) is 11.8 Å². The van der Waals surface area contributed by atoms with Crippen molar-refractivity contribution in [1.29, 1.82) is 0 Å². The van der Waals surface area contributed by atoms with E-state index < -0.39 is 0 Å². The lowest BCUT2D eigenvalue weighted by atomic mass is 9.97. The highest BCUT2D eigenvalue weighted by Crippen LogP contribution is 2.28. The Morgan fingerprint density at radius 2 is 2.18 bits per heavy atom. The molecule has 2 rings (SSSR count). The predicted molar refractivity (Wildman–Crippen MR) is 69.9 cm³/mol. The molecule has 0 aromatic rings. The van der Waals surface area contributed by atoms with E-state index in [9.17, 15) is 4.79 Å². The van der Waals surface area contributed by atoms with Crippen LogP contribution in [0.4, 0.5) is 0 Å². The summed E-state index contributed by atoms with van der Waals surface area (Å²) in [5, 5.41) is 3.72. The van der Waals surface area contributed by atoms with Crippen LogP contribution in [-0.4, -0.2) is 37.0 Å². The van der Waals surface area contributed by atoms with Gasteiger partial charge in [-0.3, -0.25) is 9.69 Å². The second-order valence-corrected chi connectivity index (χ2v) is 5.81. The van der Waals surface area contributed by atoms with Crippen LogP contribution in [0.5, 0.6) is 0 Å². The van der Waals surface area contributed by atoms with E-state index in [4.69, 9.17) is 11.6 Å². The van der Waals surface area contributed by atoms with Crippen LogP contribution in [0.2, 0.25) is 0 Å². The Morgan fingerprint density at radius 3 is 2.82 bits per heavy atom. The summed E-state index contributed by atoms with van der Waals surface area (Å²) in [7, 11) is 0. The lowest BCUT2D eigenvalue weighted by molar-refractivity contribution is -0.126. The van der Waals surface area contributed by atoms with Gasteiger partial charge in [-0.25, -0.2) is 0 Å². The van der Waals surface area contributed by atoms with Gasteiger partial charge >= 0.3 is 0 Å². The lowest BCUT2D eigenvalue weighted by Gasteiger charge is -2.31. The number of hydrogen-bond donors (Lipinski definition) is 1. The predicted octanol–water partition coefficient (Wildman–Crippen LogP) is 1.98. The van der Waals surface area contributed by atoms with Crippen molar-refractivity contribution >= 4 is 17.5 Å². The smallest absolute Gasteiger partial charge is 0.224 e. The first-order valence-corrected chi connectivity index (χ1v) is 6.86. The van der Waals surface area contributed by atoms with E-state index >= 15 is 0 Å². The Morgan fingerprint density at radius 1 is 1.41 bits per heavy atom. The third-order valence-electron chi connectivity index (χ3n) is 3.53. The summed E-state index contributed by atoms with van der Waals surface area (Å²) in [6.45, 7) is 7.13. The van der Waals surface area contributed by atoms with Crippen molar-refractivity contribution in [1.82, 2.24) is 10.2 Å². The first kappa shape index (κ1) is 12.9.